The molecule has 3 aromatic rings. The number of hydrogen-bond acceptors (Lipinski definition) is 4. The SMILES string of the molecule is CS(=O)(=O)c1ccc(N(C(=O)CCC2CCCC2)c2nc3ccccc3[nH]2)cc1Cl. The van der Waals surface area contributed by atoms with Crippen LogP contribution >= 0.6 is 11.6 Å². The number of amides is 1. The van der Waals surface area contributed by atoms with Gasteiger partial charge in [0.2, 0.25) is 11.9 Å². The lowest BCUT2D eigenvalue weighted by molar-refractivity contribution is -0.118. The van der Waals surface area contributed by atoms with E-state index in [2.05, 4.69) is 9.97 Å². The van der Waals surface area contributed by atoms with Crippen LogP contribution in [-0.2, 0) is 14.6 Å². The summed E-state index contributed by atoms with van der Waals surface area (Å²) in [6, 6.07) is 12.1. The molecule has 30 heavy (non-hydrogen) atoms. The molecule has 0 unspecified atom stereocenters. The number of rotatable bonds is 6. The van der Waals surface area contributed by atoms with Crippen LogP contribution in [0, 0.1) is 5.92 Å². The highest BCUT2D eigenvalue weighted by Crippen LogP contribution is 2.33. The Labute approximate surface area is 181 Å². The fourth-order valence-electron chi connectivity index (χ4n) is 4.10. The second-order valence-corrected chi connectivity index (χ2v) is 10.3. The number of imidazole rings is 1. The van der Waals surface area contributed by atoms with E-state index in [4.69, 9.17) is 11.6 Å². The summed E-state index contributed by atoms with van der Waals surface area (Å²) in [6.07, 6.45) is 7.15. The van der Waals surface area contributed by atoms with Crippen molar-refractivity contribution in [3.8, 4) is 0 Å². The summed E-state index contributed by atoms with van der Waals surface area (Å²) in [5.74, 6) is 0.891. The van der Waals surface area contributed by atoms with Crippen molar-refractivity contribution >= 4 is 50.0 Å². The van der Waals surface area contributed by atoms with Crippen molar-refractivity contribution in [1.82, 2.24) is 9.97 Å². The average molecular weight is 446 g/mol. The van der Waals surface area contributed by atoms with Gasteiger partial charge >= 0.3 is 0 Å². The molecule has 1 fully saturated rings. The molecule has 1 aliphatic rings. The predicted octanol–water partition coefficient (Wildman–Crippen LogP) is 5.25. The minimum absolute atomic E-state index is 0.0378. The van der Waals surface area contributed by atoms with Crippen LogP contribution < -0.4 is 4.90 Å². The molecular weight excluding hydrogens is 422 g/mol. The fraction of sp³-hybridized carbons (Fsp3) is 0.364. The van der Waals surface area contributed by atoms with Crippen molar-refractivity contribution in [3.63, 3.8) is 0 Å². The molecule has 2 aromatic carbocycles. The number of halogens is 1. The van der Waals surface area contributed by atoms with Crippen LogP contribution in [0.1, 0.15) is 38.5 Å². The van der Waals surface area contributed by atoms with Gasteiger partial charge in [-0.25, -0.2) is 13.4 Å². The Morgan fingerprint density at radius 2 is 1.93 bits per heavy atom. The van der Waals surface area contributed by atoms with Gasteiger partial charge in [-0.05, 0) is 42.7 Å². The van der Waals surface area contributed by atoms with Gasteiger partial charge in [-0.3, -0.25) is 9.69 Å². The summed E-state index contributed by atoms with van der Waals surface area (Å²) in [6.45, 7) is 0. The van der Waals surface area contributed by atoms with Gasteiger partial charge in [-0.2, -0.15) is 0 Å². The van der Waals surface area contributed by atoms with Gasteiger partial charge in [0.15, 0.2) is 9.84 Å². The molecule has 1 N–H and O–H groups in total. The average Bonchev–Trinajstić information content (AvgIpc) is 3.35. The second-order valence-electron chi connectivity index (χ2n) is 7.88. The van der Waals surface area contributed by atoms with Crippen LogP contribution in [0.5, 0.6) is 0 Å². The van der Waals surface area contributed by atoms with E-state index >= 15 is 0 Å². The quantitative estimate of drug-likeness (QED) is 0.561. The molecule has 0 atom stereocenters. The molecule has 8 heteroatoms. The third-order valence-corrected chi connectivity index (χ3v) is 7.23. The normalized spacial score (nSPS) is 15.0. The first-order chi connectivity index (χ1) is 14.3. The van der Waals surface area contributed by atoms with Gasteiger partial charge in [0.05, 0.1) is 26.6 Å². The summed E-state index contributed by atoms with van der Waals surface area (Å²) in [5.41, 5.74) is 2.06. The van der Waals surface area contributed by atoms with Gasteiger partial charge < -0.3 is 4.98 Å². The molecule has 0 bridgehead atoms. The highest BCUT2D eigenvalue weighted by molar-refractivity contribution is 7.90. The van der Waals surface area contributed by atoms with E-state index in [9.17, 15) is 13.2 Å². The summed E-state index contributed by atoms with van der Waals surface area (Å²) >= 11 is 6.26. The van der Waals surface area contributed by atoms with Crippen LogP contribution in [0.2, 0.25) is 5.02 Å². The van der Waals surface area contributed by atoms with Crippen LogP contribution in [0.3, 0.4) is 0 Å². The van der Waals surface area contributed by atoms with E-state index in [0.717, 1.165) is 23.7 Å². The van der Waals surface area contributed by atoms with E-state index in [1.165, 1.54) is 42.7 Å². The summed E-state index contributed by atoms with van der Waals surface area (Å²) < 4.78 is 23.8. The number of aromatic nitrogens is 2. The molecule has 1 heterocycles. The van der Waals surface area contributed by atoms with Crippen LogP contribution in [0.4, 0.5) is 11.6 Å². The zero-order valence-electron chi connectivity index (χ0n) is 16.8. The molecule has 1 aliphatic carbocycles. The van der Waals surface area contributed by atoms with Crippen molar-refractivity contribution in [2.75, 3.05) is 11.2 Å². The number of carbonyl (C=O) groups is 1. The number of nitrogens with zero attached hydrogens (tertiary/aromatic N) is 2. The zero-order valence-corrected chi connectivity index (χ0v) is 18.3. The van der Waals surface area contributed by atoms with Gasteiger partial charge in [0.25, 0.3) is 0 Å². The van der Waals surface area contributed by atoms with Crippen molar-refractivity contribution in [1.29, 1.82) is 0 Å². The number of H-pyrrole nitrogens is 1. The standard InChI is InChI=1S/C22H24ClN3O3S/c1-30(28,29)20-12-11-16(14-17(20)23)26(21(27)13-10-15-6-2-3-7-15)22-24-18-8-4-5-9-19(18)25-22/h4-5,8-9,11-12,14-15H,2-3,6-7,10,13H2,1H3,(H,24,25). The topological polar surface area (TPSA) is 83.1 Å². The lowest BCUT2D eigenvalue weighted by atomic mass is 10.0. The molecule has 0 spiro atoms. The number of hydrogen-bond donors (Lipinski definition) is 1. The lowest BCUT2D eigenvalue weighted by Gasteiger charge is -2.21. The third-order valence-electron chi connectivity index (χ3n) is 5.65. The molecule has 0 radical (unpaired) electrons. The van der Waals surface area contributed by atoms with Crippen LogP contribution in [0.15, 0.2) is 47.4 Å². The van der Waals surface area contributed by atoms with Gasteiger partial charge in [-0.1, -0.05) is 49.4 Å². The molecule has 0 saturated heterocycles. The monoisotopic (exact) mass is 445 g/mol. The lowest BCUT2D eigenvalue weighted by Crippen LogP contribution is -2.27. The molecular formula is C22H24ClN3O3S. The number of carbonyl (C=O) groups excluding carboxylic acids is 1. The fourth-order valence-corrected chi connectivity index (χ4v) is 5.42. The molecule has 0 aliphatic heterocycles. The first-order valence-corrected chi connectivity index (χ1v) is 12.4. The number of sulfone groups is 1. The van der Waals surface area contributed by atoms with Crippen molar-refractivity contribution in [3.05, 3.63) is 47.5 Å². The van der Waals surface area contributed by atoms with E-state index < -0.39 is 9.84 Å². The Morgan fingerprint density at radius 1 is 1.20 bits per heavy atom. The second kappa shape index (κ2) is 8.40. The Morgan fingerprint density at radius 3 is 2.60 bits per heavy atom. The molecule has 6 nitrogen and oxygen atoms in total. The van der Waals surface area contributed by atoms with Gasteiger partial charge in [0.1, 0.15) is 0 Å². The Kier molecular flexibility index (Phi) is 5.84. The van der Waals surface area contributed by atoms with Gasteiger partial charge in [-0.15, -0.1) is 0 Å². The van der Waals surface area contributed by atoms with E-state index in [1.54, 1.807) is 6.07 Å². The number of anilines is 2. The molecule has 158 valence electrons. The number of aromatic amines is 1. The number of nitrogens with one attached hydrogen (secondary N) is 1. The minimum Gasteiger partial charge on any atom is -0.323 e. The van der Waals surface area contributed by atoms with E-state index in [-0.39, 0.29) is 15.8 Å². The Bertz CT molecular complexity index is 1150. The van der Waals surface area contributed by atoms with Crippen molar-refractivity contribution in [2.24, 2.45) is 5.92 Å². The van der Waals surface area contributed by atoms with E-state index in [0.29, 0.717) is 24.0 Å². The van der Waals surface area contributed by atoms with E-state index in [1.807, 2.05) is 24.3 Å². The number of para-hydroxylation sites is 2. The highest BCUT2D eigenvalue weighted by atomic mass is 35.5. The summed E-state index contributed by atoms with van der Waals surface area (Å²) in [4.78, 5) is 22.6. The molecule has 1 amide bonds. The van der Waals surface area contributed by atoms with Crippen molar-refractivity contribution in [2.45, 2.75) is 43.4 Å². The highest BCUT2D eigenvalue weighted by Gasteiger charge is 2.25. The maximum absolute atomic E-state index is 13.3. The van der Waals surface area contributed by atoms with Crippen LogP contribution in [0.25, 0.3) is 11.0 Å². The van der Waals surface area contributed by atoms with Crippen molar-refractivity contribution < 1.29 is 13.2 Å². The first kappa shape index (κ1) is 20.9. The molecule has 1 aromatic heterocycles. The smallest absolute Gasteiger partial charge is 0.233 e. The Hall–Kier alpha value is -2.38. The van der Waals surface area contributed by atoms with Crippen LogP contribution in [-0.4, -0.2) is 30.5 Å². The zero-order chi connectivity index (χ0) is 21.3. The maximum atomic E-state index is 13.3. The largest absolute Gasteiger partial charge is 0.323 e. The number of fused-ring (bicyclic) bond motifs is 1. The van der Waals surface area contributed by atoms with Gasteiger partial charge in [0, 0.05) is 12.7 Å². The predicted molar refractivity (Wildman–Crippen MR) is 119 cm³/mol. The molecule has 1 saturated carbocycles. The maximum Gasteiger partial charge on any atom is 0.233 e. The third kappa shape index (κ3) is 4.37. The number of benzene rings is 2. The summed E-state index contributed by atoms with van der Waals surface area (Å²) in [5, 5.41) is 0.0831. The molecule has 4 rings (SSSR count). The Balaban J connectivity index is 1.71. The minimum atomic E-state index is -3.46. The first-order valence-electron chi connectivity index (χ1n) is 10.1. The summed E-state index contributed by atoms with van der Waals surface area (Å²) in [7, 11) is -3.46.